The molecule has 1 aliphatic carbocycles. The van der Waals surface area contributed by atoms with E-state index < -0.39 is 12.2 Å². The van der Waals surface area contributed by atoms with E-state index in [-0.39, 0.29) is 11.3 Å². The summed E-state index contributed by atoms with van der Waals surface area (Å²) in [6.45, 7) is 0. The molecule has 1 aromatic rings. The first-order chi connectivity index (χ1) is 8.13. The molecule has 1 saturated carbocycles. The number of hydrogen-bond acceptors (Lipinski definition) is 3. The summed E-state index contributed by atoms with van der Waals surface area (Å²) in [5.41, 5.74) is 1.15. The number of benzene rings is 1. The van der Waals surface area contributed by atoms with E-state index in [4.69, 9.17) is 16.9 Å². The van der Waals surface area contributed by atoms with Crippen molar-refractivity contribution >= 4 is 11.6 Å². The predicted molar refractivity (Wildman–Crippen MR) is 64.7 cm³/mol. The Morgan fingerprint density at radius 1 is 1.41 bits per heavy atom. The van der Waals surface area contributed by atoms with E-state index in [1.807, 2.05) is 6.07 Å². The van der Waals surface area contributed by atoms with Crippen molar-refractivity contribution < 1.29 is 10.2 Å². The first kappa shape index (κ1) is 12.4. The third kappa shape index (κ3) is 2.30. The van der Waals surface area contributed by atoms with Gasteiger partial charge in [0.15, 0.2) is 0 Å². The van der Waals surface area contributed by atoms with Crippen LogP contribution in [-0.4, -0.2) is 22.2 Å². The van der Waals surface area contributed by atoms with Gasteiger partial charge < -0.3 is 10.2 Å². The highest BCUT2D eigenvalue weighted by atomic mass is 35.5. The minimum absolute atomic E-state index is 0.0191. The highest BCUT2D eigenvalue weighted by molar-refractivity contribution is 6.18. The second-order valence-electron chi connectivity index (χ2n) is 4.49. The van der Waals surface area contributed by atoms with Crippen molar-refractivity contribution in [3.05, 3.63) is 35.4 Å². The molecule has 0 radical (unpaired) electrons. The number of aliphatic hydroxyl groups excluding tert-OH is 2. The van der Waals surface area contributed by atoms with Gasteiger partial charge in [0.05, 0.1) is 23.5 Å². The average molecular weight is 252 g/mol. The van der Waals surface area contributed by atoms with Crippen LogP contribution in [0.1, 0.15) is 30.1 Å². The highest BCUT2D eigenvalue weighted by Gasteiger charge is 2.45. The fourth-order valence-corrected chi connectivity index (χ4v) is 2.09. The number of aliphatic hydroxyl groups is 2. The number of nitriles is 1. The van der Waals surface area contributed by atoms with Gasteiger partial charge >= 0.3 is 0 Å². The molecule has 2 N–H and O–H groups in total. The maximum absolute atomic E-state index is 9.85. The zero-order valence-electron chi connectivity index (χ0n) is 9.31. The number of nitrogens with zero attached hydrogens (tertiary/aromatic N) is 1. The van der Waals surface area contributed by atoms with Gasteiger partial charge in [-0.05, 0) is 24.0 Å². The van der Waals surface area contributed by atoms with Crippen LogP contribution in [-0.2, 0) is 5.41 Å². The molecular formula is C13H14ClNO2. The molecular weight excluding hydrogens is 238 g/mol. The zero-order valence-corrected chi connectivity index (χ0v) is 10.1. The van der Waals surface area contributed by atoms with Crippen LogP contribution >= 0.6 is 11.6 Å². The van der Waals surface area contributed by atoms with Crippen LogP contribution in [0.2, 0.25) is 0 Å². The SMILES string of the molecule is N#CC1(c2cccc(C(O)C(O)CCl)c2)CC1. The molecule has 4 heteroatoms. The van der Waals surface area contributed by atoms with E-state index in [0.717, 1.165) is 18.4 Å². The zero-order chi connectivity index (χ0) is 12.5. The fourth-order valence-electron chi connectivity index (χ4n) is 1.92. The van der Waals surface area contributed by atoms with Crippen molar-refractivity contribution in [3.8, 4) is 6.07 Å². The Hall–Kier alpha value is -1.08. The average Bonchev–Trinajstić information content (AvgIpc) is 3.18. The number of hydrogen-bond donors (Lipinski definition) is 2. The predicted octanol–water partition coefficient (Wildman–Crippen LogP) is 1.87. The van der Waals surface area contributed by atoms with Gasteiger partial charge in [-0.25, -0.2) is 0 Å². The standard InChI is InChI=1S/C13H14ClNO2/c14-7-11(16)12(17)9-2-1-3-10(6-9)13(8-15)4-5-13/h1-3,6,11-12,16-17H,4-5,7H2. The Labute approximate surface area is 105 Å². The normalized spacial score (nSPS) is 20.4. The molecule has 0 aromatic heterocycles. The molecule has 2 atom stereocenters. The third-order valence-electron chi connectivity index (χ3n) is 3.27. The number of halogens is 1. The van der Waals surface area contributed by atoms with Crippen molar-refractivity contribution in [2.75, 3.05) is 5.88 Å². The summed E-state index contributed by atoms with van der Waals surface area (Å²) in [5, 5.41) is 28.5. The van der Waals surface area contributed by atoms with Gasteiger partial charge in [0.1, 0.15) is 6.10 Å². The van der Waals surface area contributed by atoms with Crippen molar-refractivity contribution in [3.63, 3.8) is 0 Å². The topological polar surface area (TPSA) is 64.2 Å². The number of rotatable bonds is 4. The van der Waals surface area contributed by atoms with Crippen LogP contribution in [0, 0.1) is 11.3 Å². The quantitative estimate of drug-likeness (QED) is 0.803. The summed E-state index contributed by atoms with van der Waals surface area (Å²) >= 11 is 5.50. The Kier molecular flexibility index (Phi) is 3.39. The van der Waals surface area contributed by atoms with Crippen molar-refractivity contribution in [1.82, 2.24) is 0 Å². The lowest BCUT2D eigenvalue weighted by atomic mass is 9.93. The molecule has 2 unspecified atom stereocenters. The summed E-state index contributed by atoms with van der Waals surface area (Å²) in [6, 6.07) is 9.52. The lowest BCUT2D eigenvalue weighted by molar-refractivity contribution is 0.0326. The molecule has 90 valence electrons. The lowest BCUT2D eigenvalue weighted by Crippen LogP contribution is -2.20. The lowest BCUT2D eigenvalue weighted by Gasteiger charge is -2.17. The summed E-state index contributed by atoms with van der Waals surface area (Å²) in [5.74, 6) is -0.0191. The van der Waals surface area contributed by atoms with E-state index in [0.29, 0.717) is 5.56 Å². The molecule has 1 fully saturated rings. The van der Waals surface area contributed by atoms with Crippen LogP contribution in [0.5, 0.6) is 0 Å². The molecule has 3 nitrogen and oxygen atoms in total. The molecule has 0 bridgehead atoms. The molecule has 1 aliphatic rings. The first-order valence-corrected chi connectivity index (χ1v) is 6.10. The summed E-state index contributed by atoms with van der Waals surface area (Å²) < 4.78 is 0. The van der Waals surface area contributed by atoms with Crippen molar-refractivity contribution in [1.29, 1.82) is 5.26 Å². The Bertz CT molecular complexity index is 451. The number of alkyl halides is 1. The van der Waals surface area contributed by atoms with Gasteiger partial charge in [-0.3, -0.25) is 0 Å². The van der Waals surface area contributed by atoms with Gasteiger partial charge in [-0.15, -0.1) is 11.6 Å². The molecule has 0 spiro atoms. The maximum Gasteiger partial charge on any atom is 0.106 e. The molecule has 1 aromatic carbocycles. The second-order valence-corrected chi connectivity index (χ2v) is 4.79. The van der Waals surface area contributed by atoms with Crippen molar-refractivity contribution in [2.45, 2.75) is 30.5 Å². The highest BCUT2D eigenvalue weighted by Crippen LogP contribution is 2.47. The van der Waals surface area contributed by atoms with Crippen LogP contribution in [0.15, 0.2) is 24.3 Å². The Balaban J connectivity index is 2.27. The Morgan fingerprint density at radius 3 is 2.65 bits per heavy atom. The van der Waals surface area contributed by atoms with Gasteiger partial charge in [0.2, 0.25) is 0 Å². The van der Waals surface area contributed by atoms with Gasteiger partial charge in [0.25, 0.3) is 0 Å². The van der Waals surface area contributed by atoms with Gasteiger partial charge in [-0.1, -0.05) is 24.3 Å². The largest absolute Gasteiger partial charge is 0.389 e. The molecule has 0 aliphatic heterocycles. The van der Waals surface area contributed by atoms with E-state index in [2.05, 4.69) is 6.07 Å². The minimum atomic E-state index is -0.998. The van der Waals surface area contributed by atoms with E-state index in [1.54, 1.807) is 18.2 Å². The summed E-state index contributed by atoms with van der Waals surface area (Å²) in [7, 11) is 0. The summed E-state index contributed by atoms with van der Waals surface area (Å²) in [6.07, 6.45) is -0.256. The van der Waals surface area contributed by atoms with E-state index in [1.165, 1.54) is 0 Å². The minimum Gasteiger partial charge on any atom is -0.389 e. The van der Waals surface area contributed by atoms with Crippen LogP contribution in [0.4, 0.5) is 0 Å². The van der Waals surface area contributed by atoms with Crippen molar-refractivity contribution in [2.24, 2.45) is 0 Å². The van der Waals surface area contributed by atoms with Crippen LogP contribution < -0.4 is 0 Å². The smallest absolute Gasteiger partial charge is 0.106 e. The molecule has 0 saturated heterocycles. The monoisotopic (exact) mass is 251 g/mol. The summed E-state index contributed by atoms with van der Waals surface area (Å²) in [4.78, 5) is 0. The van der Waals surface area contributed by atoms with Gasteiger partial charge in [-0.2, -0.15) is 5.26 Å². The van der Waals surface area contributed by atoms with E-state index >= 15 is 0 Å². The van der Waals surface area contributed by atoms with Crippen LogP contribution in [0.25, 0.3) is 0 Å². The molecule has 17 heavy (non-hydrogen) atoms. The molecule has 2 rings (SSSR count). The fraction of sp³-hybridized carbons (Fsp3) is 0.462. The third-order valence-corrected chi connectivity index (χ3v) is 3.58. The Morgan fingerprint density at radius 2 is 2.12 bits per heavy atom. The van der Waals surface area contributed by atoms with E-state index in [9.17, 15) is 10.2 Å². The maximum atomic E-state index is 9.85. The second kappa shape index (κ2) is 4.66. The molecule has 0 amide bonds. The molecule has 0 heterocycles. The van der Waals surface area contributed by atoms with Crippen LogP contribution in [0.3, 0.4) is 0 Å². The van der Waals surface area contributed by atoms with Gasteiger partial charge in [0, 0.05) is 0 Å². The first-order valence-electron chi connectivity index (χ1n) is 5.57.